The third-order valence-electron chi connectivity index (χ3n) is 4.76. The molecule has 0 atom stereocenters. The molecule has 0 aliphatic carbocycles. The molecule has 0 spiro atoms. The Morgan fingerprint density at radius 3 is 2.25 bits per heavy atom. The van der Waals surface area contributed by atoms with Crippen LogP contribution in [0.1, 0.15) is 52.9 Å². The van der Waals surface area contributed by atoms with Crippen LogP contribution in [0.25, 0.3) is 0 Å². The molecule has 2 aromatic rings. The van der Waals surface area contributed by atoms with Crippen molar-refractivity contribution in [2.45, 2.75) is 64.5 Å². The standard InChI is InChI=1S/C25H36N2O4S/c1-16(2)13-27(14-17(3)4)22-9-8-20(32-25(6,7)24(29)30)12-21(22)26-23(28)11-19-10-18(5)15-31-19/h8-10,12,15-17H,11,13-14H2,1-7H3,(H,26,28)(H,29,30). The van der Waals surface area contributed by atoms with Gasteiger partial charge in [0.1, 0.15) is 10.5 Å². The van der Waals surface area contributed by atoms with Gasteiger partial charge in [0.25, 0.3) is 0 Å². The molecule has 2 rings (SSSR count). The lowest BCUT2D eigenvalue weighted by Gasteiger charge is -2.31. The van der Waals surface area contributed by atoms with E-state index in [1.807, 2.05) is 31.2 Å². The van der Waals surface area contributed by atoms with Crippen LogP contribution in [0.2, 0.25) is 0 Å². The Balaban J connectivity index is 2.39. The summed E-state index contributed by atoms with van der Waals surface area (Å²) in [5.74, 6) is 0.452. The number of carbonyl (C=O) groups excluding carboxylic acids is 1. The van der Waals surface area contributed by atoms with E-state index in [0.29, 0.717) is 23.3 Å². The summed E-state index contributed by atoms with van der Waals surface area (Å²) in [5.41, 5.74) is 2.60. The number of nitrogens with zero attached hydrogens (tertiary/aromatic N) is 1. The van der Waals surface area contributed by atoms with Crippen LogP contribution in [0, 0.1) is 18.8 Å². The minimum absolute atomic E-state index is 0.139. The number of rotatable bonds is 11. The van der Waals surface area contributed by atoms with Crippen LogP contribution in [0.4, 0.5) is 11.4 Å². The fraction of sp³-hybridized carbons (Fsp3) is 0.520. The Morgan fingerprint density at radius 2 is 1.75 bits per heavy atom. The lowest BCUT2D eigenvalue weighted by Crippen LogP contribution is -2.32. The predicted octanol–water partition coefficient (Wildman–Crippen LogP) is 5.84. The first-order chi connectivity index (χ1) is 14.9. The van der Waals surface area contributed by atoms with E-state index in [-0.39, 0.29) is 12.3 Å². The van der Waals surface area contributed by atoms with Crippen LogP contribution in [0.15, 0.2) is 39.8 Å². The summed E-state index contributed by atoms with van der Waals surface area (Å²) in [5, 5.41) is 12.6. The van der Waals surface area contributed by atoms with Crippen molar-refractivity contribution in [1.29, 1.82) is 0 Å². The molecule has 0 aliphatic rings. The van der Waals surface area contributed by atoms with Gasteiger partial charge >= 0.3 is 5.97 Å². The molecule has 7 heteroatoms. The average molecular weight is 461 g/mol. The third-order valence-corrected chi connectivity index (χ3v) is 5.94. The average Bonchev–Trinajstić information content (AvgIpc) is 3.04. The van der Waals surface area contributed by atoms with E-state index in [4.69, 9.17) is 4.42 Å². The molecule has 2 N–H and O–H groups in total. The van der Waals surface area contributed by atoms with Crippen LogP contribution in [0.3, 0.4) is 0 Å². The van der Waals surface area contributed by atoms with Gasteiger partial charge in [-0.15, -0.1) is 11.8 Å². The van der Waals surface area contributed by atoms with Crippen LogP contribution in [-0.4, -0.2) is 34.8 Å². The van der Waals surface area contributed by atoms with Crippen molar-refractivity contribution in [3.8, 4) is 0 Å². The molecule has 0 saturated heterocycles. The van der Waals surface area contributed by atoms with Crippen LogP contribution in [-0.2, 0) is 16.0 Å². The second kappa shape index (κ2) is 10.9. The lowest BCUT2D eigenvalue weighted by molar-refractivity contribution is -0.138. The number of nitrogens with one attached hydrogen (secondary N) is 1. The first-order valence-electron chi connectivity index (χ1n) is 11.0. The van der Waals surface area contributed by atoms with Crippen molar-refractivity contribution < 1.29 is 19.1 Å². The SMILES string of the molecule is Cc1coc(CC(=O)Nc2cc(SC(C)(C)C(=O)O)ccc2N(CC(C)C)CC(C)C)c1. The molecule has 0 unspecified atom stereocenters. The maximum Gasteiger partial charge on any atom is 0.319 e. The molecule has 0 aliphatic heterocycles. The van der Waals surface area contributed by atoms with Crippen LogP contribution in [0.5, 0.6) is 0 Å². The molecule has 0 saturated carbocycles. The van der Waals surface area contributed by atoms with Crippen molar-refractivity contribution >= 4 is 35.0 Å². The van der Waals surface area contributed by atoms with Gasteiger partial charge in [0.2, 0.25) is 5.91 Å². The number of thioether (sulfide) groups is 1. The van der Waals surface area contributed by atoms with E-state index in [1.165, 1.54) is 11.8 Å². The number of aryl methyl sites for hydroxylation is 1. The minimum Gasteiger partial charge on any atom is -0.480 e. The summed E-state index contributed by atoms with van der Waals surface area (Å²) in [4.78, 5) is 27.5. The number of benzene rings is 1. The number of carboxylic acid groups (broad SMARTS) is 1. The first-order valence-corrected chi connectivity index (χ1v) is 11.8. The van der Waals surface area contributed by atoms with Gasteiger partial charge < -0.3 is 19.7 Å². The van der Waals surface area contributed by atoms with Crippen LogP contribution >= 0.6 is 11.8 Å². The van der Waals surface area contributed by atoms with E-state index in [1.54, 1.807) is 20.1 Å². The Bertz CT molecular complexity index is 924. The van der Waals surface area contributed by atoms with E-state index >= 15 is 0 Å². The highest BCUT2D eigenvalue weighted by molar-refractivity contribution is 8.01. The van der Waals surface area contributed by atoms with Gasteiger partial charge in [-0.05, 0) is 62.4 Å². The Hall–Kier alpha value is -2.41. The number of carbonyl (C=O) groups is 2. The molecule has 0 fully saturated rings. The smallest absolute Gasteiger partial charge is 0.319 e. The highest BCUT2D eigenvalue weighted by Gasteiger charge is 2.29. The summed E-state index contributed by atoms with van der Waals surface area (Å²) in [6.45, 7) is 15.7. The number of anilines is 2. The monoisotopic (exact) mass is 460 g/mol. The molecular weight excluding hydrogens is 424 g/mol. The normalized spacial score (nSPS) is 11.8. The Labute approximate surface area is 195 Å². The zero-order valence-electron chi connectivity index (χ0n) is 20.2. The van der Waals surface area contributed by atoms with Crippen molar-refractivity contribution in [2.75, 3.05) is 23.3 Å². The highest BCUT2D eigenvalue weighted by Crippen LogP contribution is 2.38. The van der Waals surface area contributed by atoms with Crippen molar-refractivity contribution in [1.82, 2.24) is 0 Å². The maximum atomic E-state index is 12.8. The number of hydrogen-bond acceptors (Lipinski definition) is 5. The summed E-state index contributed by atoms with van der Waals surface area (Å²) >= 11 is 1.26. The summed E-state index contributed by atoms with van der Waals surface area (Å²) < 4.78 is 4.45. The number of amides is 1. The van der Waals surface area contributed by atoms with Gasteiger partial charge in [0.05, 0.1) is 24.1 Å². The quantitative estimate of drug-likeness (QED) is 0.410. The zero-order chi connectivity index (χ0) is 24.1. The zero-order valence-corrected chi connectivity index (χ0v) is 21.0. The molecule has 32 heavy (non-hydrogen) atoms. The second-order valence-electron chi connectivity index (χ2n) is 9.60. The molecular formula is C25H36N2O4S. The molecule has 176 valence electrons. The highest BCUT2D eigenvalue weighted by atomic mass is 32.2. The predicted molar refractivity (Wildman–Crippen MR) is 132 cm³/mol. The van der Waals surface area contributed by atoms with Gasteiger partial charge in [-0.25, -0.2) is 0 Å². The Morgan fingerprint density at radius 1 is 1.12 bits per heavy atom. The third kappa shape index (κ3) is 7.62. The molecule has 1 aromatic heterocycles. The van der Waals surface area contributed by atoms with E-state index in [2.05, 4.69) is 37.9 Å². The first kappa shape index (κ1) is 25.8. The van der Waals surface area contributed by atoms with Gasteiger partial charge in [-0.2, -0.15) is 0 Å². The van der Waals surface area contributed by atoms with Gasteiger partial charge in [0.15, 0.2) is 0 Å². The second-order valence-corrected chi connectivity index (χ2v) is 11.3. The summed E-state index contributed by atoms with van der Waals surface area (Å²) in [7, 11) is 0. The molecule has 0 bridgehead atoms. The largest absolute Gasteiger partial charge is 0.480 e. The summed E-state index contributed by atoms with van der Waals surface area (Å²) in [6, 6.07) is 7.65. The van der Waals surface area contributed by atoms with Gasteiger partial charge in [-0.3, -0.25) is 9.59 Å². The maximum absolute atomic E-state index is 12.8. The van der Waals surface area contributed by atoms with Crippen LogP contribution < -0.4 is 10.2 Å². The number of aliphatic carboxylic acids is 1. The van der Waals surface area contributed by atoms with Gasteiger partial charge in [0, 0.05) is 18.0 Å². The topological polar surface area (TPSA) is 82.8 Å². The number of furan rings is 1. The van der Waals surface area contributed by atoms with E-state index < -0.39 is 10.7 Å². The van der Waals surface area contributed by atoms with E-state index in [9.17, 15) is 14.7 Å². The fourth-order valence-corrected chi connectivity index (χ4v) is 4.37. The molecule has 0 radical (unpaired) electrons. The molecule has 1 aromatic carbocycles. The molecule has 1 amide bonds. The van der Waals surface area contributed by atoms with Gasteiger partial charge in [-0.1, -0.05) is 27.7 Å². The van der Waals surface area contributed by atoms with Crippen molar-refractivity contribution in [3.05, 3.63) is 41.9 Å². The van der Waals surface area contributed by atoms with Crippen molar-refractivity contribution in [2.24, 2.45) is 11.8 Å². The lowest BCUT2D eigenvalue weighted by atomic mass is 10.1. The molecule has 6 nitrogen and oxygen atoms in total. The van der Waals surface area contributed by atoms with Crippen molar-refractivity contribution in [3.63, 3.8) is 0 Å². The number of carboxylic acids is 1. The van der Waals surface area contributed by atoms with E-state index in [0.717, 1.165) is 29.2 Å². The summed E-state index contributed by atoms with van der Waals surface area (Å²) in [6.07, 6.45) is 1.77. The number of hydrogen-bond donors (Lipinski definition) is 2. The molecule has 1 heterocycles. The Kier molecular flexibility index (Phi) is 8.84. The minimum atomic E-state index is -0.982. The fourth-order valence-electron chi connectivity index (χ4n) is 3.38.